The number of benzene rings is 2. The number of thiocarbonyl (C=S) groups is 2. The first-order valence-corrected chi connectivity index (χ1v) is 9.26. The molecule has 3 N–H and O–H groups in total. The Labute approximate surface area is 163 Å². The maximum atomic E-state index is 12.6. The first kappa shape index (κ1) is 18.3. The van der Waals surface area contributed by atoms with Crippen LogP contribution in [0.2, 0.25) is 0 Å². The van der Waals surface area contributed by atoms with E-state index in [2.05, 4.69) is 16.0 Å². The van der Waals surface area contributed by atoms with Crippen molar-refractivity contribution in [3.63, 3.8) is 0 Å². The minimum atomic E-state index is -0.292. The van der Waals surface area contributed by atoms with Gasteiger partial charge >= 0.3 is 0 Å². The van der Waals surface area contributed by atoms with Crippen LogP contribution < -0.4 is 20.9 Å². The van der Waals surface area contributed by atoms with Gasteiger partial charge in [0, 0.05) is 12.2 Å². The molecule has 7 heteroatoms. The van der Waals surface area contributed by atoms with Crippen molar-refractivity contribution in [2.24, 2.45) is 0 Å². The zero-order chi connectivity index (χ0) is 18.4. The van der Waals surface area contributed by atoms with E-state index in [1.54, 1.807) is 4.90 Å². The molecule has 0 bridgehead atoms. The molecule has 0 saturated carbocycles. The van der Waals surface area contributed by atoms with Gasteiger partial charge in [0.15, 0.2) is 10.2 Å². The van der Waals surface area contributed by atoms with Crippen LogP contribution in [0.4, 0.5) is 11.4 Å². The van der Waals surface area contributed by atoms with E-state index < -0.39 is 0 Å². The molecular weight excluding hydrogens is 364 g/mol. The fourth-order valence-corrected chi connectivity index (χ4v) is 3.31. The van der Waals surface area contributed by atoms with Gasteiger partial charge in [-0.1, -0.05) is 36.4 Å². The van der Waals surface area contributed by atoms with Gasteiger partial charge in [0.2, 0.25) is 0 Å². The Morgan fingerprint density at radius 1 is 1.08 bits per heavy atom. The van der Waals surface area contributed by atoms with E-state index in [4.69, 9.17) is 24.4 Å². The summed E-state index contributed by atoms with van der Waals surface area (Å²) in [5.74, 6) is -0.00816. The van der Waals surface area contributed by atoms with Gasteiger partial charge in [-0.25, -0.2) is 0 Å². The first-order valence-electron chi connectivity index (χ1n) is 8.44. The third-order valence-corrected chi connectivity index (χ3v) is 4.57. The second-order valence-electron chi connectivity index (χ2n) is 5.90. The molecule has 5 nitrogen and oxygen atoms in total. The summed E-state index contributed by atoms with van der Waals surface area (Å²) < 4.78 is 0. The number of carbonyl (C=O) groups excluding carboxylic acids is 1. The molecule has 1 atom stereocenters. The molecule has 1 fully saturated rings. The summed E-state index contributed by atoms with van der Waals surface area (Å²) in [6, 6.07) is 18.9. The summed E-state index contributed by atoms with van der Waals surface area (Å²) in [5.41, 5.74) is 1.74. The molecule has 26 heavy (non-hydrogen) atoms. The van der Waals surface area contributed by atoms with Gasteiger partial charge in [-0.2, -0.15) is 0 Å². The Kier molecular flexibility index (Phi) is 6.14. The largest absolute Gasteiger partial charge is 0.362 e. The van der Waals surface area contributed by atoms with E-state index in [1.165, 1.54) is 0 Å². The standard InChI is InChI=1S/C19H20N4OS2/c24-17-16(22-19(26)23(17)15-10-5-2-6-11-15)12-7-13-20-18(25)21-14-8-3-1-4-9-14/h1-6,8-11,16H,7,12-13H2,(H,22,26)(H2,20,21,25)/t16-/m1/s1. The lowest BCUT2D eigenvalue weighted by Gasteiger charge is -2.14. The van der Waals surface area contributed by atoms with Crippen molar-refractivity contribution in [2.75, 3.05) is 16.8 Å². The van der Waals surface area contributed by atoms with E-state index in [0.717, 1.165) is 17.8 Å². The number of anilines is 2. The highest BCUT2D eigenvalue weighted by atomic mass is 32.1. The lowest BCUT2D eigenvalue weighted by Crippen LogP contribution is -2.33. The van der Waals surface area contributed by atoms with Crippen molar-refractivity contribution < 1.29 is 4.79 Å². The third-order valence-electron chi connectivity index (χ3n) is 4.02. The van der Waals surface area contributed by atoms with E-state index in [0.29, 0.717) is 23.2 Å². The van der Waals surface area contributed by atoms with Crippen LogP contribution in [0.15, 0.2) is 60.7 Å². The normalized spacial score (nSPS) is 16.3. The van der Waals surface area contributed by atoms with Gasteiger partial charge in [0.05, 0.1) is 5.69 Å². The second kappa shape index (κ2) is 8.73. The monoisotopic (exact) mass is 384 g/mol. The van der Waals surface area contributed by atoms with Crippen LogP contribution in [-0.2, 0) is 4.79 Å². The van der Waals surface area contributed by atoms with Crippen molar-refractivity contribution >= 4 is 51.9 Å². The number of hydrogen-bond acceptors (Lipinski definition) is 3. The predicted molar refractivity (Wildman–Crippen MR) is 113 cm³/mol. The maximum absolute atomic E-state index is 12.6. The number of rotatable bonds is 6. The molecule has 1 saturated heterocycles. The topological polar surface area (TPSA) is 56.4 Å². The molecule has 1 aliphatic heterocycles. The summed E-state index contributed by atoms with van der Waals surface area (Å²) in [4.78, 5) is 14.2. The van der Waals surface area contributed by atoms with Crippen LogP contribution in [0.25, 0.3) is 0 Å². The molecule has 2 aromatic rings. The maximum Gasteiger partial charge on any atom is 0.255 e. The summed E-state index contributed by atoms with van der Waals surface area (Å²) in [6.07, 6.45) is 1.48. The summed E-state index contributed by atoms with van der Waals surface area (Å²) in [7, 11) is 0. The number of nitrogens with zero attached hydrogens (tertiary/aromatic N) is 1. The fourth-order valence-electron chi connectivity index (χ4n) is 2.75. The molecule has 2 aromatic carbocycles. The Hall–Kier alpha value is -2.51. The highest BCUT2D eigenvalue weighted by Crippen LogP contribution is 2.20. The molecule has 0 spiro atoms. The summed E-state index contributed by atoms with van der Waals surface area (Å²) in [5, 5.41) is 10.4. The number of para-hydroxylation sites is 2. The average molecular weight is 385 g/mol. The minimum Gasteiger partial charge on any atom is -0.362 e. The van der Waals surface area contributed by atoms with Crippen LogP contribution in [0.3, 0.4) is 0 Å². The SMILES string of the molecule is O=C1[C@@H](CCCNC(=S)Nc2ccccc2)NC(=S)N1c1ccccc1. The number of nitrogens with one attached hydrogen (secondary N) is 3. The van der Waals surface area contributed by atoms with Crippen LogP contribution in [0.5, 0.6) is 0 Å². The molecule has 0 aromatic heterocycles. The Morgan fingerprint density at radius 2 is 1.73 bits per heavy atom. The van der Waals surface area contributed by atoms with Gasteiger partial charge in [0.1, 0.15) is 6.04 Å². The number of carbonyl (C=O) groups is 1. The van der Waals surface area contributed by atoms with Gasteiger partial charge in [-0.3, -0.25) is 9.69 Å². The zero-order valence-electron chi connectivity index (χ0n) is 14.1. The van der Waals surface area contributed by atoms with Crippen molar-refractivity contribution in [3.05, 3.63) is 60.7 Å². The zero-order valence-corrected chi connectivity index (χ0v) is 15.8. The quantitative estimate of drug-likeness (QED) is 0.526. The number of amides is 1. The molecule has 0 radical (unpaired) electrons. The van der Waals surface area contributed by atoms with Gasteiger partial charge < -0.3 is 16.0 Å². The lowest BCUT2D eigenvalue weighted by atomic mass is 10.1. The van der Waals surface area contributed by atoms with Crippen LogP contribution in [0, 0.1) is 0 Å². The second-order valence-corrected chi connectivity index (χ2v) is 6.70. The molecule has 134 valence electrons. The molecule has 0 aliphatic carbocycles. The Balaban J connectivity index is 1.43. The van der Waals surface area contributed by atoms with Crippen molar-refractivity contribution in [1.82, 2.24) is 10.6 Å². The van der Waals surface area contributed by atoms with Crippen LogP contribution >= 0.6 is 24.4 Å². The fraction of sp³-hybridized carbons (Fsp3) is 0.211. The highest BCUT2D eigenvalue weighted by molar-refractivity contribution is 7.80. The molecule has 3 rings (SSSR count). The van der Waals surface area contributed by atoms with Crippen LogP contribution in [0.1, 0.15) is 12.8 Å². The summed E-state index contributed by atoms with van der Waals surface area (Å²) in [6.45, 7) is 0.683. The molecule has 1 aliphatic rings. The van der Waals surface area contributed by atoms with E-state index in [-0.39, 0.29) is 11.9 Å². The highest BCUT2D eigenvalue weighted by Gasteiger charge is 2.35. The minimum absolute atomic E-state index is 0.00816. The van der Waals surface area contributed by atoms with Gasteiger partial charge in [-0.15, -0.1) is 0 Å². The Bertz CT molecular complexity index is 783. The average Bonchev–Trinajstić information content (AvgIpc) is 2.94. The summed E-state index contributed by atoms with van der Waals surface area (Å²) >= 11 is 10.6. The van der Waals surface area contributed by atoms with Gasteiger partial charge in [0.25, 0.3) is 5.91 Å². The smallest absolute Gasteiger partial charge is 0.255 e. The first-order chi connectivity index (χ1) is 12.6. The van der Waals surface area contributed by atoms with Crippen LogP contribution in [-0.4, -0.2) is 28.7 Å². The van der Waals surface area contributed by atoms with Crippen molar-refractivity contribution in [1.29, 1.82) is 0 Å². The lowest BCUT2D eigenvalue weighted by molar-refractivity contribution is -0.118. The molecular formula is C19H20N4OS2. The molecule has 1 heterocycles. The van der Waals surface area contributed by atoms with E-state index in [1.807, 2.05) is 60.7 Å². The third kappa shape index (κ3) is 4.56. The van der Waals surface area contributed by atoms with Crippen molar-refractivity contribution in [3.8, 4) is 0 Å². The number of hydrogen-bond donors (Lipinski definition) is 3. The molecule has 1 amide bonds. The molecule has 0 unspecified atom stereocenters. The van der Waals surface area contributed by atoms with Gasteiger partial charge in [-0.05, 0) is 61.5 Å². The van der Waals surface area contributed by atoms with Crippen molar-refractivity contribution in [2.45, 2.75) is 18.9 Å². The van der Waals surface area contributed by atoms with E-state index in [9.17, 15) is 4.79 Å². The Morgan fingerprint density at radius 3 is 2.42 bits per heavy atom. The predicted octanol–water partition coefficient (Wildman–Crippen LogP) is 3.04. The van der Waals surface area contributed by atoms with E-state index >= 15 is 0 Å².